The van der Waals surface area contributed by atoms with Gasteiger partial charge in [0, 0.05) is 41.9 Å². The van der Waals surface area contributed by atoms with Crippen molar-refractivity contribution < 1.29 is 18.7 Å². The molecule has 1 aliphatic rings. The highest BCUT2D eigenvalue weighted by Gasteiger charge is 2.24. The van der Waals surface area contributed by atoms with Crippen LogP contribution in [0, 0.1) is 0 Å². The maximum atomic E-state index is 12.8. The molecule has 6 heteroatoms. The molecule has 2 heterocycles. The number of benzene rings is 3. The minimum atomic E-state index is -0.0984. The number of hydrogen-bond donors (Lipinski definition) is 0. The molecule has 0 spiro atoms. The van der Waals surface area contributed by atoms with Gasteiger partial charge in [-0.3, -0.25) is 9.59 Å². The lowest BCUT2D eigenvalue weighted by Crippen LogP contribution is -2.32. The molecular formula is C27H24N2O4. The molecule has 1 aliphatic heterocycles. The summed E-state index contributed by atoms with van der Waals surface area (Å²) in [6, 6.07) is 23.2. The number of amides is 2. The Labute approximate surface area is 192 Å². The fourth-order valence-electron chi connectivity index (χ4n) is 4.07. The highest BCUT2D eigenvalue weighted by atomic mass is 16.5. The summed E-state index contributed by atoms with van der Waals surface area (Å²) in [5, 5.41) is 1.05. The fraction of sp³-hybridized carbons (Fsp3) is 0.185. The number of furan rings is 1. The van der Waals surface area contributed by atoms with Crippen LogP contribution in [-0.2, 0) is 22.7 Å². The molecule has 0 saturated carbocycles. The van der Waals surface area contributed by atoms with Gasteiger partial charge in [-0.2, -0.15) is 0 Å². The highest BCUT2D eigenvalue weighted by Crippen LogP contribution is 2.33. The number of hydrogen-bond acceptors (Lipinski definition) is 4. The zero-order valence-corrected chi connectivity index (χ0v) is 18.6. The van der Waals surface area contributed by atoms with E-state index in [0.717, 1.165) is 39.1 Å². The van der Waals surface area contributed by atoms with E-state index in [4.69, 9.17) is 9.15 Å². The first kappa shape index (κ1) is 21.0. The molecule has 4 aromatic rings. The first-order valence-electron chi connectivity index (χ1n) is 10.8. The van der Waals surface area contributed by atoms with E-state index in [0.29, 0.717) is 18.7 Å². The zero-order valence-electron chi connectivity index (χ0n) is 18.6. The monoisotopic (exact) mass is 440 g/mol. The number of anilines is 1. The van der Waals surface area contributed by atoms with Gasteiger partial charge in [-0.15, -0.1) is 0 Å². The summed E-state index contributed by atoms with van der Waals surface area (Å²) in [4.78, 5) is 28.3. The summed E-state index contributed by atoms with van der Waals surface area (Å²) in [6.45, 7) is 0.767. The molecule has 2 amide bonds. The second kappa shape index (κ2) is 8.56. The van der Waals surface area contributed by atoms with E-state index in [1.54, 1.807) is 36.0 Å². The van der Waals surface area contributed by atoms with Crippen LogP contribution in [-0.4, -0.2) is 37.4 Å². The predicted molar refractivity (Wildman–Crippen MR) is 127 cm³/mol. The zero-order chi connectivity index (χ0) is 22.9. The van der Waals surface area contributed by atoms with Gasteiger partial charge in [0.05, 0.1) is 13.2 Å². The van der Waals surface area contributed by atoms with Crippen LogP contribution < -0.4 is 4.90 Å². The number of nitrogens with zero attached hydrogens (tertiary/aromatic N) is 2. The first-order valence-corrected chi connectivity index (χ1v) is 10.8. The van der Waals surface area contributed by atoms with E-state index in [2.05, 4.69) is 0 Å². The molecule has 3 aromatic carbocycles. The Morgan fingerprint density at radius 3 is 2.52 bits per heavy atom. The van der Waals surface area contributed by atoms with Crippen molar-refractivity contribution in [3.05, 3.63) is 89.5 Å². The molecule has 0 saturated heterocycles. The Morgan fingerprint density at radius 1 is 0.970 bits per heavy atom. The Morgan fingerprint density at radius 2 is 1.76 bits per heavy atom. The molecule has 0 atom stereocenters. The van der Waals surface area contributed by atoms with Crippen molar-refractivity contribution in [2.24, 2.45) is 0 Å². The summed E-state index contributed by atoms with van der Waals surface area (Å²) >= 11 is 0. The Bertz CT molecular complexity index is 1310. The second-order valence-corrected chi connectivity index (χ2v) is 8.36. The summed E-state index contributed by atoms with van der Waals surface area (Å²) in [5.41, 5.74) is 5.09. The van der Waals surface area contributed by atoms with Crippen LogP contribution in [0.3, 0.4) is 0 Å². The average molecular weight is 440 g/mol. The number of fused-ring (bicyclic) bond motifs is 2. The number of rotatable bonds is 4. The first-order chi connectivity index (χ1) is 16.0. The molecular weight excluding hydrogens is 416 g/mol. The summed E-state index contributed by atoms with van der Waals surface area (Å²) < 4.78 is 11.7. The van der Waals surface area contributed by atoms with E-state index in [-0.39, 0.29) is 18.4 Å². The van der Waals surface area contributed by atoms with Gasteiger partial charge in [0.25, 0.3) is 11.8 Å². The normalized spacial score (nSPS) is 13.6. The van der Waals surface area contributed by atoms with Crippen molar-refractivity contribution in [2.45, 2.75) is 13.2 Å². The third kappa shape index (κ3) is 4.13. The van der Waals surface area contributed by atoms with Crippen molar-refractivity contribution in [3.63, 3.8) is 0 Å². The van der Waals surface area contributed by atoms with Crippen LogP contribution in [0.4, 0.5) is 5.69 Å². The molecule has 0 fully saturated rings. The van der Waals surface area contributed by atoms with E-state index in [1.165, 1.54) is 0 Å². The van der Waals surface area contributed by atoms with E-state index < -0.39 is 0 Å². The maximum Gasteiger partial charge on any atom is 0.253 e. The molecule has 5 rings (SSSR count). The van der Waals surface area contributed by atoms with Gasteiger partial charge in [-0.25, -0.2) is 0 Å². The standard InChI is InChI=1S/C27H24N2O4/c1-28(2)27(31)19-9-7-18(8-10-19)15-29-23-12-11-21(13-22(23)16-32-17-26(29)30)25-14-20-5-3-4-6-24(20)33-25/h3-14H,15-17H2,1-2H3. The number of carbonyl (C=O) groups excluding carboxylic acids is 2. The van der Waals surface area contributed by atoms with E-state index in [1.807, 2.05) is 60.7 Å². The van der Waals surface area contributed by atoms with Gasteiger partial charge >= 0.3 is 0 Å². The molecule has 1 aromatic heterocycles. The molecule has 0 aliphatic carbocycles. The van der Waals surface area contributed by atoms with Crippen molar-refractivity contribution in [1.82, 2.24) is 4.90 Å². The lowest BCUT2D eigenvalue weighted by Gasteiger charge is -2.23. The minimum Gasteiger partial charge on any atom is -0.456 e. The van der Waals surface area contributed by atoms with Gasteiger partial charge < -0.3 is 19.0 Å². The number of para-hydroxylation sites is 1. The number of ether oxygens (including phenoxy) is 1. The topological polar surface area (TPSA) is 63.0 Å². The van der Waals surface area contributed by atoms with Gasteiger partial charge in [0.1, 0.15) is 18.0 Å². The Kier molecular flexibility index (Phi) is 5.44. The van der Waals surface area contributed by atoms with Gasteiger partial charge in [-0.05, 0) is 48.0 Å². The third-order valence-electron chi connectivity index (χ3n) is 5.81. The van der Waals surface area contributed by atoms with Gasteiger partial charge in [0.2, 0.25) is 0 Å². The predicted octanol–water partition coefficient (Wildman–Crippen LogP) is 4.87. The SMILES string of the molecule is CN(C)C(=O)c1ccc(CN2C(=O)COCc3cc(-c4cc5ccccc5o4)ccc32)cc1. The maximum absolute atomic E-state index is 12.8. The quantitative estimate of drug-likeness (QED) is 0.454. The second-order valence-electron chi connectivity index (χ2n) is 8.36. The van der Waals surface area contributed by atoms with Crippen LogP contribution in [0.15, 0.2) is 77.2 Å². The minimum absolute atomic E-state index is 0.0197. The molecule has 0 radical (unpaired) electrons. The molecule has 166 valence electrons. The van der Waals surface area contributed by atoms with Crippen LogP contribution in [0.1, 0.15) is 21.5 Å². The highest BCUT2D eigenvalue weighted by molar-refractivity contribution is 5.96. The smallest absolute Gasteiger partial charge is 0.253 e. The Balaban J connectivity index is 1.45. The molecule has 0 N–H and O–H groups in total. The van der Waals surface area contributed by atoms with Crippen molar-refractivity contribution in [3.8, 4) is 11.3 Å². The molecule has 33 heavy (non-hydrogen) atoms. The van der Waals surface area contributed by atoms with Gasteiger partial charge in [-0.1, -0.05) is 30.3 Å². The van der Waals surface area contributed by atoms with Crippen LogP contribution in [0.25, 0.3) is 22.3 Å². The van der Waals surface area contributed by atoms with Crippen LogP contribution >= 0.6 is 0 Å². The molecule has 0 unspecified atom stereocenters. The lowest BCUT2D eigenvalue weighted by atomic mass is 10.0. The number of carbonyl (C=O) groups is 2. The van der Waals surface area contributed by atoms with Crippen LogP contribution in [0.2, 0.25) is 0 Å². The largest absolute Gasteiger partial charge is 0.456 e. The Hall–Kier alpha value is -3.90. The summed E-state index contributed by atoms with van der Waals surface area (Å²) in [6.07, 6.45) is 0. The van der Waals surface area contributed by atoms with Crippen molar-refractivity contribution in [2.75, 3.05) is 25.6 Å². The average Bonchev–Trinajstić information content (AvgIpc) is 3.20. The molecule has 0 bridgehead atoms. The fourth-order valence-corrected chi connectivity index (χ4v) is 4.07. The van der Waals surface area contributed by atoms with Crippen molar-refractivity contribution >= 4 is 28.5 Å². The van der Waals surface area contributed by atoms with Crippen LogP contribution in [0.5, 0.6) is 0 Å². The van der Waals surface area contributed by atoms with Gasteiger partial charge in [0.15, 0.2) is 0 Å². The van der Waals surface area contributed by atoms with E-state index >= 15 is 0 Å². The van der Waals surface area contributed by atoms with Crippen molar-refractivity contribution in [1.29, 1.82) is 0 Å². The third-order valence-corrected chi connectivity index (χ3v) is 5.81. The molecule has 6 nitrogen and oxygen atoms in total. The lowest BCUT2D eigenvalue weighted by molar-refractivity contribution is -0.123. The van der Waals surface area contributed by atoms with E-state index in [9.17, 15) is 9.59 Å². The summed E-state index contributed by atoms with van der Waals surface area (Å²) in [7, 11) is 3.45. The summed E-state index contributed by atoms with van der Waals surface area (Å²) in [5.74, 6) is 0.630.